The van der Waals surface area contributed by atoms with Gasteiger partial charge in [0.05, 0.1) is 18.4 Å². The zero-order chi connectivity index (χ0) is 11.8. The van der Waals surface area contributed by atoms with Crippen molar-refractivity contribution in [1.82, 2.24) is 0 Å². The third kappa shape index (κ3) is 5.04. The van der Waals surface area contributed by atoms with Crippen LogP contribution in [0, 0.1) is 5.92 Å². The van der Waals surface area contributed by atoms with Crippen LogP contribution in [-0.2, 0) is 14.3 Å². The van der Waals surface area contributed by atoms with Gasteiger partial charge in [0.25, 0.3) is 0 Å². The largest absolute Gasteiger partial charge is 0.501 e. The van der Waals surface area contributed by atoms with E-state index in [1.165, 1.54) is 0 Å². The van der Waals surface area contributed by atoms with Gasteiger partial charge < -0.3 is 14.6 Å². The molecule has 0 heterocycles. The maximum absolute atomic E-state index is 10.8. The minimum atomic E-state index is -1.19. The van der Waals surface area contributed by atoms with Crippen molar-refractivity contribution in [2.24, 2.45) is 5.92 Å². The molecule has 4 nitrogen and oxygen atoms in total. The fraction of sp³-hybridized carbons (Fsp3) is 0.556. The second-order valence-corrected chi connectivity index (χ2v) is 3.84. The highest BCUT2D eigenvalue weighted by atomic mass is 35.5. The number of rotatable bonds is 7. The van der Waals surface area contributed by atoms with E-state index in [2.05, 4.69) is 0 Å². The SMILES string of the molecule is CCOC=C(C(=O)O)C(CC=O)C(Cl)Cl. The zero-order valence-electron chi connectivity index (χ0n) is 8.15. The van der Waals surface area contributed by atoms with Crippen LogP contribution in [-0.4, -0.2) is 28.8 Å². The molecule has 0 radical (unpaired) electrons. The van der Waals surface area contributed by atoms with Crippen molar-refractivity contribution in [3.8, 4) is 0 Å². The molecule has 0 aliphatic heterocycles. The van der Waals surface area contributed by atoms with Gasteiger partial charge in [-0.3, -0.25) is 0 Å². The molecule has 0 rings (SSSR count). The number of carbonyl (C=O) groups excluding carboxylic acids is 1. The Morgan fingerprint density at radius 2 is 2.13 bits per heavy atom. The number of carbonyl (C=O) groups is 2. The molecule has 0 amide bonds. The van der Waals surface area contributed by atoms with Crippen molar-refractivity contribution in [3.05, 3.63) is 11.8 Å². The Morgan fingerprint density at radius 3 is 2.47 bits per heavy atom. The van der Waals surface area contributed by atoms with Crippen molar-refractivity contribution in [1.29, 1.82) is 0 Å². The van der Waals surface area contributed by atoms with Gasteiger partial charge in [-0.2, -0.15) is 0 Å². The number of hydrogen-bond donors (Lipinski definition) is 1. The summed E-state index contributed by atoms with van der Waals surface area (Å²) in [6.45, 7) is 2.05. The highest BCUT2D eigenvalue weighted by Gasteiger charge is 2.26. The van der Waals surface area contributed by atoms with Crippen LogP contribution in [0.5, 0.6) is 0 Å². The molecule has 0 aromatic rings. The molecule has 1 unspecified atom stereocenters. The lowest BCUT2D eigenvalue weighted by molar-refractivity contribution is -0.133. The van der Waals surface area contributed by atoms with Gasteiger partial charge >= 0.3 is 5.97 Å². The standard InChI is InChI=1S/C9H12Cl2O4/c1-2-15-5-7(9(13)14)6(3-4-12)8(10)11/h4-6,8H,2-3H2,1H3,(H,13,14). The van der Waals surface area contributed by atoms with Crippen LogP contribution in [0.15, 0.2) is 11.8 Å². The van der Waals surface area contributed by atoms with E-state index in [4.69, 9.17) is 33.0 Å². The van der Waals surface area contributed by atoms with Gasteiger partial charge in [-0.05, 0) is 6.92 Å². The molecule has 0 saturated heterocycles. The molecule has 0 bridgehead atoms. The van der Waals surface area contributed by atoms with Crippen molar-refractivity contribution >= 4 is 35.5 Å². The first-order valence-corrected chi connectivity index (χ1v) is 5.18. The lowest BCUT2D eigenvalue weighted by Crippen LogP contribution is -2.19. The van der Waals surface area contributed by atoms with E-state index >= 15 is 0 Å². The summed E-state index contributed by atoms with van der Waals surface area (Å²) < 4.78 is 4.86. The van der Waals surface area contributed by atoms with E-state index in [0.717, 1.165) is 6.26 Å². The Hall–Kier alpha value is -0.740. The quantitative estimate of drug-likeness (QED) is 0.327. The van der Waals surface area contributed by atoms with Crippen LogP contribution in [0.3, 0.4) is 0 Å². The Labute approximate surface area is 97.8 Å². The number of halogens is 2. The number of hydrogen-bond acceptors (Lipinski definition) is 3. The number of aliphatic carboxylic acids is 1. The Kier molecular flexibility index (Phi) is 7.17. The van der Waals surface area contributed by atoms with Crippen LogP contribution >= 0.6 is 23.2 Å². The molecule has 0 aliphatic rings. The number of alkyl halides is 2. The summed E-state index contributed by atoms with van der Waals surface area (Å²) in [5.41, 5.74) is -0.0982. The van der Waals surface area contributed by atoms with E-state index in [-0.39, 0.29) is 12.0 Å². The molecule has 0 aromatic heterocycles. The number of ether oxygens (including phenoxy) is 1. The van der Waals surface area contributed by atoms with Gasteiger partial charge in [0, 0.05) is 12.3 Å². The molecule has 0 aromatic carbocycles. The number of carboxylic acids is 1. The summed E-state index contributed by atoms with van der Waals surface area (Å²) in [7, 11) is 0. The minimum Gasteiger partial charge on any atom is -0.501 e. The maximum Gasteiger partial charge on any atom is 0.335 e. The predicted molar refractivity (Wildman–Crippen MR) is 57.0 cm³/mol. The molecule has 0 aliphatic carbocycles. The van der Waals surface area contributed by atoms with E-state index in [1.54, 1.807) is 6.92 Å². The second-order valence-electron chi connectivity index (χ2n) is 2.68. The molecule has 1 atom stereocenters. The van der Waals surface area contributed by atoms with Crippen LogP contribution in [0.1, 0.15) is 13.3 Å². The summed E-state index contributed by atoms with van der Waals surface area (Å²) in [6, 6.07) is 0. The average Bonchev–Trinajstić information content (AvgIpc) is 2.16. The van der Waals surface area contributed by atoms with E-state index in [9.17, 15) is 9.59 Å². The zero-order valence-corrected chi connectivity index (χ0v) is 9.66. The monoisotopic (exact) mass is 254 g/mol. The van der Waals surface area contributed by atoms with Gasteiger partial charge in [-0.25, -0.2) is 4.79 Å². The van der Waals surface area contributed by atoms with Crippen LogP contribution in [0.25, 0.3) is 0 Å². The maximum atomic E-state index is 10.8. The molecular formula is C9H12Cl2O4. The van der Waals surface area contributed by atoms with Gasteiger partial charge in [0.1, 0.15) is 11.1 Å². The smallest absolute Gasteiger partial charge is 0.335 e. The van der Waals surface area contributed by atoms with Crippen LogP contribution in [0.2, 0.25) is 0 Å². The highest BCUT2D eigenvalue weighted by Crippen LogP contribution is 2.26. The van der Waals surface area contributed by atoms with Crippen molar-refractivity contribution < 1.29 is 19.4 Å². The molecule has 15 heavy (non-hydrogen) atoms. The van der Waals surface area contributed by atoms with Gasteiger partial charge in [0.15, 0.2) is 0 Å². The predicted octanol–water partition coefficient (Wildman–Crippen LogP) is 2.00. The second kappa shape index (κ2) is 7.54. The lowest BCUT2D eigenvalue weighted by Gasteiger charge is -2.15. The molecule has 86 valence electrons. The Balaban J connectivity index is 4.82. The Bertz CT molecular complexity index is 250. The normalized spacial score (nSPS) is 13.7. The van der Waals surface area contributed by atoms with Gasteiger partial charge in [0.2, 0.25) is 0 Å². The number of aldehydes is 1. The molecule has 0 saturated carbocycles. The van der Waals surface area contributed by atoms with Crippen LogP contribution < -0.4 is 0 Å². The van der Waals surface area contributed by atoms with Crippen molar-refractivity contribution in [2.45, 2.75) is 18.2 Å². The van der Waals surface area contributed by atoms with Crippen molar-refractivity contribution in [3.63, 3.8) is 0 Å². The Morgan fingerprint density at radius 1 is 1.53 bits per heavy atom. The highest BCUT2D eigenvalue weighted by molar-refractivity contribution is 6.44. The van der Waals surface area contributed by atoms with Crippen molar-refractivity contribution in [2.75, 3.05) is 6.61 Å². The fourth-order valence-electron chi connectivity index (χ4n) is 0.939. The molecule has 6 heteroatoms. The van der Waals surface area contributed by atoms with E-state index in [0.29, 0.717) is 12.9 Å². The van der Waals surface area contributed by atoms with E-state index in [1.807, 2.05) is 0 Å². The first-order chi connectivity index (χ1) is 7.04. The lowest BCUT2D eigenvalue weighted by atomic mass is 9.99. The fourth-order valence-corrected chi connectivity index (χ4v) is 1.42. The third-order valence-electron chi connectivity index (χ3n) is 1.68. The van der Waals surface area contributed by atoms with Gasteiger partial charge in [-0.1, -0.05) is 0 Å². The first-order valence-electron chi connectivity index (χ1n) is 4.31. The summed E-state index contributed by atoms with van der Waals surface area (Å²) in [5.74, 6) is -1.95. The topological polar surface area (TPSA) is 63.6 Å². The first kappa shape index (κ1) is 14.3. The summed E-state index contributed by atoms with van der Waals surface area (Å²) >= 11 is 11.2. The third-order valence-corrected chi connectivity index (χ3v) is 2.29. The number of carboxylic acid groups (broad SMARTS) is 1. The molecule has 1 N–H and O–H groups in total. The molecule has 0 spiro atoms. The van der Waals surface area contributed by atoms with Gasteiger partial charge in [-0.15, -0.1) is 23.2 Å². The summed E-state index contributed by atoms with van der Waals surface area (Å²) in [5, 5.41) is 8.86. The molecular weight excluding hydrogens is 243 g/mol. The van der Waals surface area contributed by atoms with E-state index < -0.39 is 16.7 Å². The summed E-state index contributed by atoms with van der Waals surface area (Å²) in [4.78, 5) is 20.2. The van der Waals surface area contributed by atoms with Crippen LogP contribution in [0.4, 0.5) is 0 Å². The minimum absolute atomic E-state index is 0.0527. The summed E-state index contributed by atoms with van der Waals surface area (Å²) in [6.07, 6.45) is 1.60. The molecule has 0 fully saturated rings. The average molecular weight is 255 g/mol.